The Morgan fingerprint density at radius 2 is 2.00 bits per heavy atom. The van der Waals surface area contributed by atoms with Gasteiger partial charge in [-0.2, -0.15) is 4.99 Å². The van der Waals surface area contributed by atoms with Gasteiger partial charge in [-0.25, -0.2) is 4.79 Å². The third-order valence-electron chi connectivity index (χ3n) is 2.73. The molecule has 0 aliphatic rings. The van der Waals surface area contributed by atoms with Crippen molar-refractivity contribution < 1.29 is 4.79 Å². The molecule has 2 heteroatoms. The molecule has 2 nitrogen and oxygen atoms in total. The Morgan fingerprint density at radius 1 is 1.35 bits per heavy atom. The largest absolute Gasteiger partial charge is 0.235 e. The fourth-order valence-corrected chi connectivity index (χ4v) is 1.78. The lowest BCUT2D eigenvalue weighted by atomic mass is 9.89. The van der Waals surface area contributed by atoms with Gasteiger partial charge in [0.15, 0.2) is 0 Å². The summed E-state index contributed by atoms with van der Waals surface area (Å²) in [6.45, 7) is 8.02. The SMILES string of the molecule is CC(C)=CCc1ccccc1C(C)(C)N=C=O. The zero-order valence-corrected chi connectivity index (χ0v) is 10.9. The van der Waals surface area contributed by atoms with E-state index in [2.05, 4.69) is 31.0 Å². The van der Waals surface area contributed by atoms with E-state index in [-0.39, 0.29) is 0 Å². The zero-order chi connectivity index (χ0) is 12.9. The van der Waals surface area contributed by atoms with Crippen LogP contribution in [-0.2, 0) is 16.8 Å². The molecule has 0 spiro atoms. The third-order valence-corrected chi connectivity index (χ3v) is 2.73. The van der Waals surface area contributed by atoms with Gasteiger partial charge in [0.1, 0.15) is 0 Å². The average molecular weight is 229 g/mol. The van der Waals surface area contributed by atoms with Gasteiger partial charge in [-0.05, 0) is 45.2 Å². The minimum absolute atomic E-state index is 0.506. The van der Waals surface area contributed by atoms with Crippen molar-refractivity contribution in [2.24, 2.45) is 4.99 Å². The number of aliphatic imine (C=N–C) groups is 1. The van der Waals surface area contributed by atoms with E-state index >= 15 is 0 Å². The molecule has 0 aliphatic carbocycles. The van der Waals surface area contributed by atoms with Crippen LogP contribution in [0.3, 0.4) is 0 Å². The van der Waals surface area contributed by atoms with E-state index in [1.807, 2.05) is 32.0 Å². The molecule has 1 aromatic carbocycles. The smallest absolute Gasteiger partial charge is 0.211 e. The highest BCUT2D eigenvalue weighted by atomic mass is 16.1. The highest BCUT2D eigenvalue weighted by Gasteiger charge is 2.21. The lowest BCUT2D eigenvalue weighted by Gasteiger charge is -2.21. The van der Waals surface area contributed by atoms with Crippen LogP contribution in [0.25, 0.3) is 0 Å². The lowest BCUT2D eigenvalue weighted by Crippen LogP contribution is -2.16. The summed E-state index contributed by atoms with van der Waals surface area (Å²) in [6, 6.07) is 8.09. The number of benzene rings is 1. The van der Waals surface area contributed by atoms with Crippen LogP contribution in [0.15, 0.2) is 40.9 Å². The molecular formula is C15H19NO. The second-order valence-corrected chi connectivity index (χ2v) is 4.90. The normalized spacial score (nSPS) is 10.6. The van der Waals surface area contributed by atoms with E-state index in [4.69, 9.17) is 0 Å². The summed E-state index contributed by atoms with van der Waals surface area (Å²) in [5, 5.41) is 0. The Labute approximate surface area is 103 Å². The van der Waals surface area contributed by atoms with E-state index in [0.29, 0.717) is 0 Å². The maximum atomic E-state index is 10.5. The van der Waals surface area contributed by atoms with Crippen molar-refractivity contribution >= 4 is 6.08 Å². The topological polar surface area (TPSA) is 29.4 Å². The predicted octanol–water partition coefficient (Wildman–Crippen LogP) is 3.77. The first-order valence-corrected chi connectivity index (χ1v) is 5.78. The minimum Gasteiger partial charge on any atom is -0.211 e. The second kappa shape index (κ2) is 5.60. The fraction of sp³-hybridized carbons (Fsp3) is 0.400. The van der Waals surface area contributed by atoms with Crippen molar-refractivity contribution in [1.82, 2.24) is 0 Å². The van der Waals surface area contributed by atoms with Crippen LogP contribution in [0, 0.1) is 0 Å². The van der Waals surface area contributed by atoms with Crippen LogP contribution < -0.4 is 0 Å². The number of hydrogen-bond acceptors (Lipinski definition) is 2. The number of carbonyl (C=O) groups excluding carboxylic acids is 1. The van der Waals surface area contributed by atoms with Gasteiger partial charge in [0.05, 0.1) is 5.54 Å². The summed E-state index contributed by atoms with van der Waals surface area (Å²) in [6.07, 6.45) is 4.71. The van der Waals surface area contributed by atoms with E-state index in [1.54, 1.807) is 6.08 Å². The third kappa shape index (κ3) is 3.69. The number of isocyanates is 1. The number of rotatable bonds is 4. The van der Waals surface area contributed by atoms with Crippen molar-refractivity contribution in [2.75, 3.05) is 0 Å². The summed E-state index contributed by atoms with van der Waals surface area (Å²) in [5.41, 5.74) is 3.07. The maximum absolute atomic E-state index is 10.5. The first kappa shape index (κ1) is 13.4. The number of hydrogen-bond donors (Lipinski definition) is 0. The molecule has 0 heterocycles. The van der Waals surface area contributed by atoms with Gasteiger partial charge in [0, 0.05) is 0 Å². The molecule has 17 heavy (non-hydrogen) atoms. The Balaban J connectivity index is 3.16. The van der Waals surface area contributed by atoms with Crippen LogP contribution in [0.5, 0.6) is 0 Å². The average Bonchev–Trinajstić information content (AvgIpc) is 2.26. The van der Waals surface area contributed by atoms with Crippen LogP contribution >= 0.6 is 0 Å². The molecule has 0 fully saturated rings. The minimum atomic E-state index is -0.506. The van der Waals surface area contributed by atoms with Crippen molar-refractivity contribution in [2.45, 2.75) is 39.7 Å². The quantitative estimate of drug-likeness (QED) is 0.439. The first-order chi connectivity index (χ1) is 7.97. The summed E-state index contributed by atoms with van der Waals surface area (Å²) in [5.74, 6) is 0. The van der Waals surface area contributed by atoms with Gasteiger partial charge in [0.25, 0.3) is 0 Å². The van der Waals surface area contributed by atoms with Crippen LogP contribution in [0.1, 0.15) is 38.8 Å². The molecule has 0 radical (unpaired) electrons. The fourth-order valence-electron chi connectivity index (χ4n) is 1.78. The summed E-state index contributed by atoms with van der Waals surface area (Å²) in [4.78, 5) is 14.4. The molecule has 0 atom stereocenters. The van der Waals surface area contributed by atoms with Gasteiger partial charge in [-0.15, -0.1) is 0 Å². The van der Waals surface area contributed by atoms with Crippen LogP contribution in [-0.4, -0.2) is 6.08 Å². The molecule has 0 bridgehead atoms. The molecule has 1 aromatic rings. The number of nitrogens with zero attached hydrogens (tertiary/aromatic N) is 1. The van der Waals surface area contributed by atoms with Crippen LogP contribution in [0.2, 0.25) is 0 Å². The summed E-state index contributed by atoms with van der Waals surface area (Å²) in [7, 11) is 0. The van der Waals surface area contributed by atoms with E-state index in [1.165, 1.54) is 11.1 Å². The molecule has 1 rings (SSSR count). The summed E-state index contributed by atoms with van der Waals surface area (Å²) < 4.78 is 0. The van der Waals surface area contributed by atoms with Gasteiger partial charge < -0.3 is 0 Å². The van der Waals surface area contributed by atoms with Crippen LogP contribution in [0.4, 0.5) is 0 Å². The summed E-state index contributed by atoms with van der Waals surface area (Å²) >= 11 is 0. The number of allylic oxidation sites excluding steroid dienone is 2. The van der Waals surface area contributed by atoms with E-state index < -0.39 is 5.54 Å². The zero-order valence-electron chi connectivity index (χ0n) is 10.9. The highest BCUT2D eigenvalue weighted by molar-refractivity contribution is 5.40. The van der Waals surface area contributed by atoms with Crippen molar-refractivity contribution in [3.05, 3.63) is 47.0 Å². The second-order valence-electron chi connectivity index (χ2n) is 4.90. The Hall–Kier alpha value is -1.66. The highest BCUT2D eigenvalue weighted by Crippen LogP contribution is 2.28. The van der Waals surface area contributed by atoms with Crippen molar-refractivity contribution in [3.8, 4) is 0 Å². The Bertz CT molecular complexity index is 462. The van der Waals surface area contributed by atoms with Gasteiger partial charge in [-0.3, -0.25) is 0 Å². The molecule has 0 unspecified atom stereocenters. The molecule has 0 saturated carbocycles. The Kier molecular flexibility index (Phi) is 4.42. The predicted molar refractivity (Wildman–Crippen MR) is 70.7 cm³/mol. The molecule has 90 valence electrons. The molecule has 0 saturated heterocycles. The van der Waals surface area contributed by atoms with Crippen molar-refractivity contribution in [3.63, 3.8) is 0 Å². The monoisotopic (exact) mass is 229 g/mol. The molecular weight excluding hydrogens is 210 g/mol. The van der Waals surface area contributed by atoms with Gasteiger partial charge in [-0.1, -0.05) is 35.9 Å². The van der Waals surface area contributed by atoms with E-state index in [0.717, 1.165) is 12.0 Å². The molecule has 0 aliphatic heterocycles. The molecule has 0 aromatic heterocycles. The van der Waals surface area contributed by atoms with Gasteiger partial charge in [0.2, 0.25) is 6.08 Å². The molecule has 0 amide bonds. The Morgan fingerprint density at radius 3 is 2.59 bits per heavy atom. The standard InChI is InChI=1S/C15H19NO/c1-12(2)9-10-13-7-5-6-8-14(13)15(3,4)16-11-17/h5-9H,10H2,1-4H3. The maximum Gasteiger partial charge on any atom is 0.235 e. The van der Waals surface area contributed by atoms with Gasteiger partial charge >= 0.3 is 0 Å². The van der Waals surface area contributed by atoms with E-state index in [9.17, 15) is 4.79 Å². The molecule has 0 N–H and O–H groups in total. The lowest BCUT2D eigenvalue weighted by molar-refractivity contribution is 0.520. The van der Waals surface area contributed by atoms with Crippen molar-refractivity contribution in [1.29, 1.82) is 0 Å². The first-order valence-electron chi connectivity index (χ1n) is 5.78.